The average molecular weight is 262 g/mol. The van der Waals surface area contributed by atoms with Crippen molar-refractivity contribution in [3.63, 3.8) is 0 Å². The number of nitrogens with one attached hydrogen (secondary N) is 3. The molecule has 0 aliphatic rings. The number of amides is 1. The zero-order valence-corrected chi connectivity index (χ0v) is 11.0. The molecule has 1 aromatic rings. The van der Waals surface area contributed by atoms with E-state index in [9.17, 15) is 4.79 Å². The van der Waals surface area contributed by atoms with E-state index in [1.807, 2.05) is 13.1 Å². The molecule has 6 heteroatoms. The maximum absolute atomic E-state index is 11.6. The molecule has 0 saturated heterocycles. The third-order valence-corrected chi connectivity index (χ3v) is 2.27. The van der Waals surface area contributed by atoms with Gasteiger partial charge in [-0.3, -0.25) is 4.79 Å². The van der Waals surface area contributed by atoms with Gasteiger partial charge in [0, 0.05) is 39.1 Å². The van der Waals surface area contributed by atoms with Gasteiger partial charge < -0.3 is 20.4 Å². The van der Waals surface area contributed by atoms with Crippen molar-refractivity contribution in [1.29, 1.82) is 0 Å². The fourth-order valence-electron chi connectivity index (χ4n) is 1.35. The lowest BCUT2D eigenvalue weighted by Crippen LogP contribution is -2.33. The summed E-state index contributed by atoms with van der Waals surface area (Å²) in [6.07, 6.45) is 3.52. The summed E-state index contributed by atoms with van der Waals surface area (Å²) < 4.78 is 4.89. The van der Waals surface area contributed by atoms with Crippen LogP contribution in [0, 0.1) is 6.92 Å². The Kier molecular flexibility index (Phi) is 8.49. The average Bonchev–Trinajstić information content (AvgIpc) is 2.69. The van der Waals surface area contributed by atoms with Gasteiger partial charge in [0.15, 0.2) is 0 Å². The minimum Gasteiger partial charge on any atom is -0.383 e. The lowest BCUT2D eigenvalue weighted by atomic mass is 10.2. The number of H-pyrrole nitrogens is 1. The number of rotatable bonds is 7. The Hall–Kier alpha value is -1.04. The number of aromatic nitrogens is 1. The smallest absolute Gasteiger partial charge is 0.253 e. The van der Waals surface area contributed by atoms with Gasteiger partial charge in [0.05, 0.1) is 12.2 Å². The van der Waals surface area contributed by atoms with E-state index in [-0.39, 0.29) is 18.3 Å². The highest BCUT2D eigenvalue weighted by molar-refractivity contribution is 5.95. The van der Waals surface area contributed by atoms with Crippen LogP contribution in [0.15, 0.2) is 12.4 Å². The van der Waals surface area contributed by atoms with Gasteiger partial charge in [-0.15, -0.1) is 12.4 Å². The van der Waals surface area contributed by atoms with Crippen LogP contribution in [0.4, 0.5) is 0 Å². The molecule has 0 radical (unpaired) electrons. The number of hydrogen-bond acceptors (Lipinski definition) is 3. The Morgan fingerprint density at radius 2 is 2.12 bits per heavy atom. The summed E-state index contributed by atoms with van der Waals surface area (Å²) in [5, 5.41) is 5.99. The molecule has 17 heavy (non-hydrogen) atoms. The highest BCUT2D eigenvalue weighted by Crippen LogP contribution is 2.04. The first-order valence-corrected chi connectivity index (χ1v) is 5.37. The predicted molar refractivity (Wildman–Crippen MR) is 69.9 cm³/mol. The molecule has 0 aliphatic carbocycles. The standard InChI is InChI=1S/C11H19N3O2.ClH/c1-9-7-13-8-10(9)11(15)14-4-3-12-5-6-16-2;/h7-8,12-13H,3-6H2,1-2H3,(H,14,15);1H. The molecule has 98 valence electrons. The molecular formula is C11H20ClN3O2. The maximum Gasteiger partial charge on any atom is 0.253 e. The molecule has 3 N–H and O–H groups in total. The second kappa shape index (κ2) is 9.04. The van der Waals surface area contributed by atoms with E-state index >= 15 is 0 Å². The second-order valence-electron chi connectivity index (χ2n) is 3.55. The van der Waals surface area contributed by atoms with Crippen molar-refractivity contribution in [2.45, 2.75) is 6.92 Å². The Bertz CT molecular complexity index is 328. The van der Waals surface area contributed by atoms with E-state index in [1.54, 1.807) is 13.3 Å². The lowest BCUT2D eigenvalue weighted by molar-refractivity contribution is 0.0953. The number of halogens is 1. The summed E-state index contributed by atoms with van der Waals surface area (Å²) in [5.41, 5.74) is 1.67. The number of aryl methyl sites for hydroxylation is 1. The van der Waals surface area contributed by atoms with Gasteiger partial charge >= 0.3 is 0 Å². The summed E-state index contributed by atoms with van der Waals surface area (Å²) in [7, 11) is 1.66. The van der Waals surface area contributed by atoms with Crippen molar-refractivity contribution in [3.05, 3.63) is 23.5 Å². The number of aromatic amines is 1. The SMILES string of the molecule is COCCNCCNC(=O)c1c[nH]cc1C.Cl. The third-order valence-electron chi connectivity index (χ3n) is 2.27. The van der Waals surface area contributed by atoms with Crippen molar-refractivity contribution < 1.29 is 9.53 Å². The number of carbonyl (C=O) groups is 1. The Labute approximate surface area is 108 Å². The van der Waals surface area contributed by atoms with Gasteiger partial charge in [-0.1, -0.05) is 0 Å². The fourth-order valence-corrected chi connectivity index (χ4v) is 1.35. The number of methoxy groups -OCH3 is 1. The van der Waals surface area contributed by atoms with Crippen molar-refractivity contribution in [2.75, 3.05) is 33.4 Å². The van der Waals surface area contributed by atoms with Crippen LogP contribution in [0.3, 0.4) is 0 Å². The van der Waals surface area contributed by atoms with Crippen LogP contribution in [0.5, 0.6) is 0 Å². The molecule has 1 rings (SSSR count). The van der Waals surface area contributed by atoms with Crippen LogP contribution in [0.1, 0.15) is 15.9 Å². The third kappa shape index (κ3) is 5.72. The number of hydrogen-bond donors (Lipinski definition) is 3. The van der Waals surface area contributed by atoms with E-state index < -0.39 is 0 Å². The Morgan fingerprint density at radius 3 is 2.71 bits per heavy atom. The van der Waals surface area contributed by atoms with Crippen LogP contribution in [-0.4, -0.2) is 44.2 Å². The van der Waals surface area contributed by atoms with Gasteiger partial charge in [-0.05, 0) is 12.5 Å². The fraction of sp³-hybridized carbons (Fsp3) is 0.545. The first-order valence-electron chi connectivity index (χ1n) is 5.37. The van der Waals surface area contributed by atoms with E-state index in [2.05, 4.69) is 15.6 Å². The van der Waals surface area contributed by atoms with Crippen LogP contribution in [0.25, 0.3) is 0 Å². The van der Waals surface area contributed by atoms with Gasteiger partial charge in [0.25, 0.3) is 5.91 Å². The number of carbonyl (C=O) groups excluding carboxylic acids is 1. The minimum atomic E-state index is -0.0349. The molecule has 5 nitrogen and oxygen atoms in total. The van der Waals surface area contributed by atoms with Crippen LogP contribution in [0.2, 0.25) is 0 Å². The topological polar surface area (TPSA) is 66.2 Å². The molecule has 0 aliphatic heterocycles. The van der Waals surface area contributed by atoms with E-state index in [0.717, 1.165) is 18.7 Å². The summed E-state index contributed by atoms with van der Waals surface area (Å²) in [6.45, 7) is 4.76. The summed E-state index contributed by atoms with van der Waals surface area (Å²) in [5.74, 6) is -0.0349. The molecule has 1 amide bonds. The van der Waals surface area contributed by atoms with Crippen molar-refractivity contribution in [1.82, 2.24) is 15.6 Å². The summed E-state index contributed by atoms with van der Waals surface area (Å²) in [4.78, 5) is 14.5. The van der Waals surface area contributed by atoms with Crippen LogP contribution < -0.4 is 10.6 Å². The predicted octanol–water partition coefficient (Wildman–Crippen LogP) is 0.711. The molecule has 1 heterocycles. The lowest BCUT2D eigenvalue weighted by Gasteiger charge is -2.06. The van der Waals surface area contributed by atoms with Gasteiger partial charge in [-0.25, -0.2) is 0 Å². The molecule has 0 bridgehead atoms. The van der Waals surface area contributed by atoms with E-state index in [4.69, 9.17) is 4.74 Å². The molecule has 0 fully saturated rings. The molecule has 0 spiro atoms. The normalized spacial score (nSPS) is 9.76. The molecular weight excluding hydrogens is 242 g/mol. The van der Waals surface area contributed by atoms with E-state index in [0.29, 0.717) is 18.7 Å². The zero-order valence-electron chi connectivity index (χ0n) is 10.2. The van der Waals surface area contributed by atoms with Crippen LogP contribution >= 0.6 is 12.4 Å². The van der Waals surface area contributed by atoms with E-state index in [1.165, 1.54) is 0 Å². The molecule has 0 aromatic carbocycles. The van der Waals surface area contributed by atoms with Crippen molar-refractivity contribution >= 4 is 18.3 Å². The van der Waals surface area contributed by atoms with Gasteiger partial charge in [0.1, 0.15) is 0 Å². The minimum absolute atomic E-state index is 0. The molecule has 0 atom stereocenters. The van der Waals surface area contributed by atoms with Gasteiger partial charge in [0.2, 0.25) is 0 Å². The molecule has 0 saturated carbocycles. The highest BCUT2D eigenvalue weighted by atomic mass is 35.5. The quantitative estimate of drug-likeness (QED) is 0.634. The Balaban J connectivity index is 0.00000256. The van der Waals surface area contributed by atoms with Crippen molar-refractivity contribution in [2.24, 2.45) is 0 Å². The first-order chi connectivity index (χ1) is 7.75. The first kappa shape index (κ1) is 16.0. The summed E-state index contributed by atoms with van der Waals surface area (Å²) in [6, 6.07) is 0. The number of ether oxygens (including phenoxy) is 1. The molecule has 0 unspecified atom stereocenters. The zero-order chi connectivity index (χ0) is 11.8. The summed E-state index contributed by atoms with van der Waals surface area (Å²) >= 11 is 0. The highest BCUT2D eigenvalue weighted by Gasteiger charge is 2.07. The Morgan fingerprint density at radius 1 is 1.35 bits per heavy atom. The van der Waals surface area contributed by atoms with Crippen molar-refractivity contribution in [3.8, 4) is 0 Å². The monoisotopic (exact) mass is 261 g/mol. The molecule has 1 aromatic heterocycles. The largest absolute Gasteiger partial charge is 0.383 e. The maximum atomic E-state index is 11.6. The second-order valence-corrected chi connectivity index (χ2v) is 3.55. The van der Waals surface area contributed by atoms with Gasteiger partial charge in [-0.2, -0.15) is 0 Å². The van der Waals surface area contributed by atoms with Crippen LogP contribution in [-0.2, 0) is 4.74 Å².